The molecule has 3 aromatic heterocycles. The molecular formula is C26H25FN6O2. The van der Waals surface area contributed by atoms with Gasteiger partial charge in [-0.15, -0.1) is 5.10 Å². The molecule has 0 radical (unpaired) electrons. The summed E-state index contributed by atoms with van der Waals surface area (Å²) in [6.07, 6.45) is 2.55. The molecule has 1 N–H and O–H groups in total. The number of hydrogen-bond donors (Lipinski definition) is 1. The summed E-state index contributed by atoms with van der Waals surface area (Å²) in [5.74, 6) is 1.11. The number of tetrazole rings is 1. The van der Waals surface area contributed by atoms with Gasteiger partial charge in [-0.25, -0.2) is 9.07 Å². The molecule has 0 unspecified atom stereocenters. The van der Waals surface area contributed by atoms with Crippen LogP contribution >= 0.6 is 0 Å². The minimum Gasteiger partial charge on any atom is -0.468 e. The van der Waals surface area contributed by atoms with Crippen molar-refractivity contribution in [3.63, 3.8) is 0 Å². The number of rotatable bonds is 9. The molecule has 0 aliphatic carbocycles. The van der Waals surface area contributed by atoms with Gasteiger partial charge in [0.2, 0.25) is 0 Å². The molecule has 5 rings (SSSR count). The van der Waals surface area contributed by atoms with Gasteiger partial charge in [0.15, 0.2) is 5.82 Å². The highest BCUT2D eigenvalue weighted by atomic mass is 19.1. The van der Waals surface area contributed by atoms with Gasteiger partial charge in [0.1, 0.15) is 11.6 Å². The highest BCUT2D eigenvalue weighted by molar-refractivity contribution is 5.79. The number of fused-ring (bicyclic) bond motifs is 1. The van der Waals surface area contributed by atoms with Crippen molar-refractivity contribution in [1.82, 2.24) is 30.1 Å². The van der Waals surface area contributed by atoms with Gasteiger partial charge in [0.05, 0.1) is 25.9 Å². The molecule has 0 atom stereocenters. The average Bonchev–Trinajstić information content (AvgIpc) is 3.53. The van der Waals surface area contributed by atoms with E-state index in [2.05, 4.69) is 38.4 Å². The Morgan fingerprint density at radius 1 is 1.03 bits per heavy atom. The van der Waals surface area contributed by atoms with E-state index in [0.29, 0.717) is 37.6 Å². The van der Waals surface area contributed by atoms with Crippen molar-refractivity contribution < 1.29 is 8.81 Å². The Morgan fingerprint density at radius 3 is 2.63 bits per heavy atom. The third kappa shape index (κ3) is 5.36. The third-order valence-corrected chi connectivity index (χ3v) is 5.96. The number of nitrogens with zero attached hydrogens (tertiary/aromatic N) is 5. The van der Waals surface area contributed by atoms with Crippen molar-refractivity contribution in [2.75, 3.05) is 0 Å². The fraction of sp³-hybridized carbons (Fsp3) is 0.231. The van der Waals surface area contributed by atoms with Crippen molar-refractivity contribution in [2.24, 2.45) is 0 Å². The Labute approximate surface area is 201 Å². The monoisotopic (exact) mass is 472 g/mol. The molecule has 0 saturated heterocycles. The zero-order chi connectivity index (χ0) is 24.2. The molecule has 2 aromatic carbocycles. The van der Waals surface area contributed by atoms with Crippen molar-refractivity contribution in [3.05, 3.63) is 111 Å². The van der Waals surface area contributed by atoms with Crippen LogP contribution in [0.2, 0.25) is 0 Å². The van der Waals surface area contributed by atoms with Gasteiger partial charge in [-0.2, -0.15) is 0 Å². The Bertz CT molecular complexity index is 1470. The summed E-state index contributed by atoms with van der Waals surface area (Å²) in [5.41, 5.74) is 3.43. The average molecular weight is 473 g/mol. The molecule has 0 spiro atoms. The van der Waals surface area contributed by atoms with E-state index in [0.717, 1.165) is 28.6 Å². The summed E-state index contributed by atoms with van der Waals surface area (Å²) >= 11 is 0. The number of aromatic nitrogens is 5. The first-order valence-corrected chi connectivity index (χ1v) is 11.5. The number of furan rings is 1. The van der Waals surface area contributed by atoms with Crippen LogP contribution in [0.5, 0.6) is 0 Å². The molecule has 178 valence electrons. The fourth-order valence-electron chi connectivity index (χ4n) is 4.09. The summed E-state index contributed by atoms with van der Waals surface area (Å²) in [6, 6.07) is 18.0. The molecule has 9 heteroatoms. The molecule has 0 fully saturated rings. The van der Waals surface area contributed by atoms with E-state index in [4.69, 9.17) is 4.42 Å². The molecule has 0 bridgehead atoms. The number of aryl methyl sites for hydroxylation is 1. The van der Waals surface area contributed by atoms with Gasteiger partial charge in [0, 0.05) is 17.6 Å². The predicted molar refractivity (Wildman–Crippen MR) is 129 cm³/mol. The molecule has 35 heavy (non-hydrogen) atoms. The van der Waals surface area contributed by atoms with Crippen LogP contribution in [0.15, 0.2) is 76.1 Å². The molecule has 8 nitrogen and oxygen atoms in total. The minimum absolute atomic E-state index is 0.128. The molecule has 0 aliphatic heterocycles. The highest BCUT2D eigenvalue weighted by Gasteiger charge is 2.17. The second-order valence-electron chi connectivity index (χ2n) is 8.50. The van der Waals surface area contributed by atoms with E-state index in [9.17, 15) is 9.18 Å². The number of benzene rings is 2. The van der Waals surface area contributed by atoms with Crippen molar-refractivity contribution in [3.8, 4) is 0 Å². The second-order valence-corrected chi connectivity index (χ2v) is 8.50. The fourth-order valence-corrected chi connectivity index (χ4v) is 4.09. The van der Waals surface area contributed by atoms with Crippen LogP contribution in [0.4, 0.5) is 4.39 Å². The zero-order valence-electron chi connectivity index (χ0n) is 19.3. The van der Waals surface area contributed by atoms with Gasteiger partial charge in [0.25, 0.3) is 5.56 Å². The van der Waals surface area contributed by atoms with E-state index in [-0.39, 0.29) is 11.4 Å². The summed E-state index contributed by atoms with van der Waals surface area (Å²) in [6.45, 7) is 3.76. The number of nitrogens with one attached hydrogen (secondary N) is 1. The maximum absolute atomic E-state index is 13.3. The second kappa shape index (κ2) is 10.0. The smallest absolute Gasteiger partial charge is 0.252 e. The van der Waals surface area contributed by atoms with Crippen LogP contribution in [-0.2, 0) is 32.6 Å². The van der Waals surface area contributed by atoms with Crippen LogP contribution in [-0.4, -0.2) is 30.1 Å². The number of pyridine rings is 1. The number of hydrogen-bond acceptors (Lipinski definition) is 6. The lowest BCUT2D eigenvalue weighted by atomic mass is 10.1. The first kappa shape index (κ1) is 22.7. The van der Waals surface area contributed by atoms with Crippen LogP contribution < -0.4 is 5.56 Å². The van der Waals surface area contributed by atoms with Crippen LogP contribution in [0.1, 0.15) is 35.2 Å². The van der Waals surface area contributed by atoms with E-state index in [1.165, 1.54) is 17.7 Å². The Morgan fingerprint density at radius 2 is 1.86 bits per heavy atom. The van der Waals surface area contributed by atoms with Crippen LogP contribution in [0.25, 0.3) is 10.9 Å². The molecule has 0 saturated carbocycles. The highest BCUT2D eigenvalue weighted by Crippen LogP contribution is 2.17. The quantitative estimate of drug-likeness (QED) is 0.348. The van der Waals surface area contributed by atoms with Crippen molar-refractivity contribution >= 4 is 10.9 Å². The lowest BCUT2D eigenvalue weighted by molar-refractivity contribution is 0.217. The van der Waals surface area contributed by atoms with E-state index in [1.54, 1.807) is 23.1 Å². The van der Waals surface area contributed by atoms with E-state index in [1.807, 2.05) is 30.3 Å². The molecule has 3 heterocycles. The zero-order valence-corrected chi connectivity index (χ0v) is 19.3. The van der Waals surface area contributed by atoms with Gasteiger partial charge in [-0.1, -0.05) is 25.1 Å². The molecule has 0 aliphatic rings. The number of halogens is 1. The summed E-state index contributed by atoms with van der Waals surface area (Å²) in [4.78, 5) is 17.9. The van der Waals surface area contributed by atoms with Crippen LogP contribution in [0, 0.1) is 5.82 Å². The lowest BCUT2D eigenvalue weighted by Crippen LogP contribution is -2.28. The number of aromatic amines is 1. The van der Waals surface area contributed by atoms with Crippen LogP contribution in [0.3, 0.4) is 0 Å². The minimum atomic E-state index is -0.290. The van der Waals surface area contributed by atoms with E-state index >= 15 is 0 Å². The van der Waals surface area contributed by atoms with Gasteiger partial charge >= 0.3 is 0 Å². The normalized spacial score (nSPS) is 11.5. The number of H-pyrrole nitrogens is 1. The van der Waals surface area contributed by atoms with Gasteiger partial charge in [-0.05, 0) is 75.8 Å². The standard InChI is InChI=1S/C26H25FN6O2/c1-2-18-7-10-24-20(12-18)13-21(26(34)28-24)15-32(16-23-4-3-11-35-23)17-25-29-30-31-33(25)14-19-5-8-22(27)9-6-19/h3-13H,2,14-17H2,1H3,(H,28,34). The summed E-state index contributed by atoms with van der Waals surface area (Å²) < 4.78 is 20.5. The van der Waals surface area contributed by atoms with Gasteiger partial charge < -0.3 is 9.40 Å². The van der Waals surface area contributed by atoms with Gasteiger partial charge in [-0.3, -0.25) is 9.69 Å². The first-order valence-electron chi connectivity index (χ1n) is 11.5. The predicted octanol–water partition coefficient (Wildman–Crippen LogP) is 4.06. The van der Waals surface area contributed by atoms with Crippen molar-refractivity contribution in [1.29, 1.82) is 0 Å². The topological polar surface area (TPSA) is 92.8 Å². The molecule has 0 amide bonds. The summed E-state index contributed by atoms with van der Waals surface area (Å²) in [5, 5.41) is 13.2. The Balaban J connectivity index is 1.42. The van der Waals surface area contributed by atoms with E-state index < -0.39 is 0 Å². The largest absolute Gasteiger partial charge is 0.468 e. The first-order chi connectivity index (χ1) is 17.1. The third-order valence-electron chi connectivity index (χ3n) is 5.96. The Kier molecular flexibility index (Phi) is 6.49. The SMILES string of the molecule is CCc1ccc2[nH]c(=O)c(CN(Cc3ccco3)Cc3nnnn3Cc3ccc(F)cc3)cc2c1. The molecule has 5 aromatic rings. The van der Waals surface area contributed by atoms with Crippen molar-refractivity contribution in [2.45, 2.75) is 39.5 Å². The maximum atomic E-state index is 13.3. The maximum Gasteiger partial charge on any atom is 0.252 e. The Hall–Kier alpha value is -4.11. The lowest BCUT2D eigenvalue weighted by Gasteiger charge is -2.20. The summed E-state index contributed by atoms with van der Waals surface area (Å²) in [7, 11) is 0. The molecular weight excluding hydrogens is 447 g/mol.